The lowest BCUT2D eigenvalue weighted by molar-refractivity contribution is 0.797. The summed E-state index contributed by atoms with van der Waals surface area (Å²) in [6.07, 6.45) is 1.88. The van der Waals surface area contributed by atoms with Gasteiger partial charge in [-0.3, -0.25) is 0 Å². The standard InChI is InChI=1S/C13H17N3S/c1-3-17-12-6-4-10(5-7-12)13-15-9-11(16-13)8-14-2/h4-7,9,14H,3,8H2,1-2H3,(H,15,16). The van der Waals surface area contributed by atoms with E-state index in [0.29, 0.717) is 0 Å². The Hall–Kier alpha value is -1.26. The first-order valence-corrected chi connectivity index (χ1v) is 6.73. The summed E-state index contributed by atoms with van der Waals surface area (Å²) < 4.78 is 0. The predicted octanol–water partition coefficient (Wildman–Crippen LogP) is 2.91. The van der Waals surface area contributed by atoms with Crippen molar-refractivity contribution in [2.75, 3.05) is 12.8 Å². The molecule has 0 aliphatic carbocycles. The minimum Gasteiger partial charge on any atom is -0.341 e. The zero-order chi connectivity index (χ0) is 12.1. The van der Waals surface area contributed by atoms with Crippen molar-refractivity contribution < 1.29 is 0 Å². The van der Waals surface area contributed by atoms with E-state index in [2.05, 4.69) is 46.5 Å². The van der Waals surface area contributed by atoms with Crippen LogP contribution in [0.2, 0.25) is 0 Å². The maximum atomic E-state index is 4.38. The van der Waals surface area contributed by atoms with Crippen LogP contribution in [0.25, 0.3) is 11.4 Å². The van der Waals surface area contributed by atoms with E-state index in [-0.39, 0.29) is 0 Å². The summed E-state index contributed by atoms with van der Waals surface area (Å²) in [7, 11) is 1.93. The lowest BCUT2D eigenvalue weighted by Crippen LogP contribution is -2.04. The predicted molar refractivity (Wildman–Crippen MR) is 73.2 cm³/mol. The van der Waals surface area contributed by atoms with Crippen molar-refractivity contribution in [3.63, 3.8) is 0 Å². The molecule has 0 spiro atoms. The Kier molecular flexibility index (Phi) is 4.23. The average molecular weight is 247 g/mol. The Morgan fingerprint density at radius 1 is 1.29 bits per heavy atom. The van der Waals surface area contributed by atoms with E-state index in [1.807, 2.05) is 25.0 Å². The van der Waals surface area contributed by atoms with Gasteiger partial charge in [-0.15, -0.1) is 11.8 Å². The van der Waals surface area contributed by atoms with Crippen molar-refractivity contribution in [3.05, 3.63) is 36.2 Å². The number of hydrogen-bond donors (Lipinski definition) is 2. The topological polar surface area (TPSA) is 40.7 Å². The number of nitrogens with zero attached hydrogens (tertiary/aromatic N) is 1. The number of aromatic nitrogens is 2. The zero-order valence-electron chi connectivity index (χ0n) is 10.2. The summed E-state index contributed by atoms with van der Waals surface area (Å²) in [6.45, 7) is 2.98. The number of H-pyrrole nitrogens is 1. The van der Waals surface area contributed by atoms with Crippen molar-refractivity contribution in [1.82, 2.24) is 15.3 Å². The molecule has 1 heterocycles. The largest absolute Gasteiger partial charge is 0.341 e. The van der Waals surface area contributed by atoms with Crippen molar-refractivity contribution in [3.8, 4) is 11.4 Å². The lowest BCUT2D eigenvalue weighted by atomic mass is 10.2. The fourth-order valence-corrected chi connectivity index (χ4v) is 2.32. The zero-order valence-corrected chi connectivity index (χ0v) is 11.0. The summed E-state index contributed by atoms with van der Waals surface area (Å²) >= 11 is 1.85. The van der Waals surface area contributed by atoms with Gasteiger partial charge in [-0.05, 0) is 24.9 Å². The molecule has 90 valence electrons. The van der Waals surface area contributed by atoms with Crippen molar-refractivity contribution in [2.24, 2.45) is 0 Å². The smallest absolute Gasteiger partial charge is 0.137 e. The minimum atomic E-state index is 0.816. The summed E-state index contributed by atoms with van der Waals surface area (Å²) in [6, 6.07) is 8.51. The molecule has 0 amide bonds. The molecule has 4 heteroatoms. The van der Waals surface area contributed by atoms with Gasteiger partial charge < -0.3 is 10.3 Å². The van der Waals surface area contributed by atoms with Gasteiger partial charge in [0.15, 0.2) is 0 Å². The van der Waals surface area contributed by atoms with Crippen molar-refractivity contribution in [2.45, 2.75) is 18.4 Å². The highest BCUT2D eigenvalue weighted by Crippen LogP contribution is 2.22. The van der Waals surface area contributed by atoms with E-state index < -0.39 is 0 Å². The Morgan fingerprint density at radius 3 is 2.71 bits per heavy atom. The van der Waals surface area contributed by atoms with Crippen LogP contribution in [0, 0.1) is 0 Å². The van der Waals surface area contributed by atoms with E-state index in [0.717, 1.165) is 29.4 Å². The van der Waals surface area contributed by atoms with Gasteiger partial charge in [-0.25, -0.2) is 4.98 Å². The highest BCUT2D eigenvalue weighted by molar-refractivity contribution is 7.99. The number of thioether (sulfide) groups is 1. The summed E-state index contributed by atoms with van der Waals surface area (Å²) in [5.41, 5.74) is 2.24. The number of rotatable bonds is 5. The number of aromatic amines is 1. The second kappa shape index (κ2) is 5.89. The quantitative estimate of drug-likeness (QED) is 0.798. The summed E-state index contributed by atoms with van der Waals surface area (Å²) in [4.78, 5) is 8.98. The third-order valence-electron chi connectivity index (χ3n) is 2.43. The lowest BCUT2D eigenvalue weighted by Gasteiger charge is -2.00. The molecule has 0 unspecified atom stereocenters. The van der Waals surface area contributed by atoms with Crippen LogP contribution in [0.15, 0.2) is 35.4 Å². The first kappa shape index (κ1) is 12.2. The van der Waals surface area contributed by atoms with E-state index in [1.54, 1.807) is 0 Å². The maximum absolute atomic E-state index is 4.38. The average Bonchev–Trinajstić information content (AvgIpc) is 2.80. The molecule has 2 rings (SSSR count). The third kappa shape index (κ3) is 3.11. The van der Waals surface area contributed by atoms with E-state index in [4.69, 9.17) is 0 Å². The molecule has 1 aromatic carbocycles. The molecular formula is C13H17N3S. The minimum absolute atomic E-state index is 0.816. The molecule has 17 heavy (non-hydrogen) atoms. The van der Waals surface area contributed by atoms with E-state index in [1.165, 1.54) is 4.90 Å². The fraction of sp³-hybridized carbons (Fsp3) is 0.308. The number of hydrogen-bond acceptors (Lipinski definition) is 3. The van der Waals surface area contributed by atoms with Gasteiger partial charge in [0.1, 0.15) is 5.82 Å². The van der Waals surface area contributed by atoms with Gasteiger partial charge in [-0.1, -0.05) is 19.1 Å². The Morgan fingerprint density at radius 2 is 2.06 bits per heavy atom. The Labute approximate surface area is 106 Å². The maximum Gasteiger partial charge on any atom is 0.137 e. The Bertz CT molecular complexity index is 462. The molecule has 2 N–H and O–H groups in total. The molecule has 0 bridgehead atoms. The number of imidazole rings is 1. The van der Waals surface area contributed by atoms with E-state index in [9.17, 15) is 0 Å². The molecule has 0 aliphatic heterocycles. The second-order valence-corrected chi connectivity index (χ2v) is 5.08. The fourth-order valence-electron chi connectivity index (χ4n) is 1.66. The molecule has 0 radical (unpaired) electrons. The number of nitrogens with one attached hydrogen (secondary N) is 2. The number of benzene rings is 1. The highest BCUT2D eigenvalue weighted by Gasteiger charge is 2.03. The van der Waals surface area contributed by atoms with Crippen LogP contribution in [0.4, 0.5) is 0 Å². The van der Waals surface area contributed by atoms with Crippen molar-refractivity contribution >= 4 is 11.8 Å². The second-order valence-electron chi connectivity index (χ2n) is 3.74. The van der Waals surface area contributed by atoms with E-state index >= 15 is 0 Å². The normalized spacial score (nSPS) is 10.7. The van der Waals surface area contributed by atoms with Crippen LogP contribution in [-0.4, -0.2) is 22.8 Å². The molecule has 0 atom stereocenters. The molecule has 0 saturated heterocycles. The summed E-state index contributed by atoms with van der Waals surface area (Å²) in [5, 5.41) is 3.10. The molecule has 0 fully saturated rings. The van der Waals surface area contributed by atoms with Gasteiger partial charge in [-0.2, -0.15) is 0 Å². The van der Waals surface area contributed by atoms with Crippen LogP contribution in [0.5, 0.6) is 0 Å². The Balaban J connectivity index is 2.15. The summed E-state index contributed by atoms with van der Waals surface area (Å²) in [5.74, 6) is 2.04. The van der Waals surface area contributed by atoms with Crippen molar-refractivity contribution in [1.29, 1.82) is 0 Å². The molecule has 3 nitrogen and oxygen atoms in total. The van der Waals surface area contributed by atoms with Gasteiger partial charge >= 0.3 is 0 Å². The molecule has 0 saturated carbocycles. The third-order valence-corrected chi connectivity index (χ3v) is 3.33. The first-order valence-electron chi connectivity index (χ1n) is 5.75. The monoisotopic (exact) mass is 247 g/mol. The van der Waals surface area contributed by atoms with Crippen LogP contribution < -0.4 is 5.32 Å². The van der Waals surface area contributed by atoms with Crippen LogP contribution in [0.3, 0.4) is 0 Å². The molecule has 0 aliphatic rings. The SMILES string of the molecule is CCSc1ccc(-c2ncc(CNC)[nH]2)cc1. The first-order chi connectivity index (χ1) is 8.33. The molecular weight excluding hydrogens is 230 g/mol. The molecule has 2 aromatic rings. The van der Waals surface area contributed by atoms with Gasteiger partial charge in [0.2, 0.25) is 0 Å². The van der Waals surface area contributed by atoms with Crippen LogP contribution >= 0.6 is 11.8 Å². The van der Waals surface area contributed by atoms with Gasteiger partial charge in [0, 0.05) is 28.9 Å². The van der Waals surface area contributed by atoms with Crippen LogP contribution in [-0.2, 0) is 6.54 Å². The van der Waals surface area contributed by atoms with Gasteiger partial charge in [0.05, 0.1) is 0 Å². The van der Waals surface area contributed by atoms with Gasteiger partial charge in [0.25, 0.3) is 0 Å². The highest BCUT2D eigenvalue weighted by atomic mass is 32.2. The molecule has 1 aromatic heterocycles. The van der Waals surface area contributed by atoms with Crippen LogP contribution in [0.1, 0.15) is 12.6 Å².